The molecule has 1 aromatic carbocycles. The number of rotatable bonds is 2. The Hall–Kier alpha value is -1.56. The van der Waals surface area contributed by atoms with Gasteiger partial charge in [-0.25, -0.2) is 14.0 Å². The quantitative estimate of drug-likeness (QED) is 0.823. The molecule has 0 aliphatic rings. The van der Waals surface area contributed by atoms with E-state index in [2.05, 4.69) is 21.0 Å². The minimum atomic E-state index is -0.238. The maximum absolute atomic E-state index is 11.9. The summed E-state index contributed by atoms with van der Waals surface area (Å²) >= 11 is 3.44. The molecule has 2 rings (SSSR count). The van der Waals surface area contributed by atoms with Crippen molar-refractivity contribution in [2.45, 2.75) is 34.6 Å². The molecule has 0 aliphatic heterocycles. The maximum atomic E-state index is 11.9. The molecule has 0 spiro atoms. The molecule has 21 heavy (non-hydrogen) atoms. The zero-order valence-corrected chi connectivity index (χ0v) is 15.4. The van der Waals surface area contributed by atoms with Gasteiger partial charge in [0.1, 0.15) is 0 Å². The lowest BCUT2D eigenvalue weighted by Crippen LogP contribution is -2.21. The summed E-state index contributed by atoms with van der Waals surface area (Å²) in [5.74, 6) is 0. The monoisotopic (exact) mass is 357 g/mol. The number of nitrogens with zero attached hydrogens (tertiary/aromatic N) is 3. The molecule has 1 heterocycles. The minimum absolute atomic E-state index is 0.238. The fourth-order valence-corrected chi connectivity index (χ4v) is 1.88. The van der Waals surface area contributed by atoms with Crippen LogP contribution in [0.15, 0.2) is 27.5 Å². The van der Waals surface area contributed by atoms with Crippen LogP contribution in [0.25, 0.3) is 5.69 Å². The predicted octanol–water partition coefficient (Wildman–Crippen LogP) is 3.70. The van der Waals surface area contributed by atoms with Gasteiger partial charge < -0.3 is 4.74 Å². The van der Waals surface area contributed by atoms with Gasteiger partial charge in [0.05, 0.1) is 12.8 Å². The van der Waals surface area contributed by atoms with Crippen LogP contribution in [0.2, 0.25) is 0 Å². The third-order valence-electron chi connectivity index (χ3n) is 2.49. The number of hydrogen-bond donors (Lipinski definition) is 0. The molecule has 118 valence electrons. The minimum Gasteiger partial charge on any atom is -0.467 e. The average molecular weight is 358 g/mol. The van der Waals surface area contributed by atoms with Crippen molar-refractivity contribution in [3.05, 3.63) is 38.7 Å². The molecule has 0 unspecified atom stereocenters. The zero-order chi connectivity index (χ0) is 16.6. The van der Waals surface area contributed by atoms with E-state index in [4.69, 9.17) is 4.74 Å². The van der Waals surface area contributed by atoms with E-state index in [0.29, 0.717) is 0 Å². The molecule has 0 fully saturated rings. The predicted molar refractivity (Wildman–Crippen MR) is 90.5 cm³/mol. The number of hydrogen-bond acceptors (Lipinski definition) is 3. The van der Waals surface area contributed by atoms with E-state index in [9.17, 15) is 4.79 Å². The van der Waals surface area contributed by atoms with Crippen LogP contribution in [-0.2, 0) is 7.05 Å². The SMILES string of the molecule is CC.CC.COc1nn(C)c(=O)n1-c1ccc(C)c(Br)c1. The van der Waals surface area contributed by atoms with Crippen molar-refractivity contribution >= 4 is 15.9 Å². The Labute approximate surface area is 134 Å². The smallest absolute Gasteiger partial charge is 0.353 e. The summed E-state index contributed by atoms with van der Waals surface area (Å²) in [7, 11) is 3.08. The summed E-state index contributed by atoms with van der Waals surface area (Å²) < 4.78 is 8.69. The summed E-state index contributed by atoms with van der Waals surface area (Å²) in [4.78, 5) is 11.9. The molecule has 2 aromatic rings. The molecule has 0 saturated heterocycles. The van der Waals surface area contributed by atoms with E-state index in [1.165, 1.54) is 16.4 Å². The molecule has 0 aliphatic carbocycles. The Morgan fingerprint density at radius 1 is 1.19 bits per heavy atom. The van der Waals surface area contributed by atoms with Crippen molar-refractivity contribution < 1.29 is 4.74 Å². The van der Waals surface area contributed by atoms with E-state index in [0.717, 1.165) is 15.7 Å². The number of halogens is 1. The second-order valence-corrected chi connectivity index (χ2v) is 4.52. The zero-order valence-electron chi connectivity index (χ0n) is 13.8. The molecule has 0 N–H and O–H groups in total. The summed E-state index contributed by atoms with van der Waals surface area (Å²) in [6.45, 7) is 9.98. The number of methoxy groups -OCH3 is 1. The van der Waals surface area contributed by atoms with Crippen LogP contribution >= 0.6 is 15.9 Å². The molecule has 0 atom stereocenters. The fraction of sp³-hybridized carbons (Fsp3) is 0.467. The van der Waals surface area contributed by atoms with Crippen LogP contribution in [0.3, 0.4) is 0 Å². The highest BCUT2D eigenvalue weighted by atomic mass is 79.9. The summed E-state index contributed by atoms with van der Waals surface area (Å²) in [6.07, 6.45) is 0. The van der Waals surface area contributed by atoms with Crippen LogP contribution in [0.4, 0.5) is 0 Å². The Balaban J connectivity index is 0.000000921. The van der Waals surface area contributed by atoms with Crippen LogP contribution in [0.1, 0.15) is 33.3 Å². The largest absolute Gasteiger partial charge is 0.467 e. The fourth-order valence-electron chi connectivity index (χ4n) is 1.52. The normalized spacial score (nSPS) is 9.14. The molecule has 0 saturated carbocycles. The van der Waals surface area contributed by atoms with Crippen LogP contribution in [0.5, 0.6) is 6.01 Å². The summed E-state index contributed by atoms with van der Waals surface area (Å²) in [5.41, 5.74) is 1.58. The first kappa shape index (κ1) is 19.4. The number of aromatic nitrogens is 3. The maximum Gasteiger partial charge on any atom is 0.353 e. The second-order valence-electron chi connectivity index (χ2n) is 3.66. The topological polar surface area (TPSA) is 49.1 Å². The van der Waals surface area contributed by atoms with Gasteiger partial charge in [0.15, 0.2) is 0 Å². The van der Waals surface area contributed by atoms with E-state index < -0.39 is 0 Å². The van der Waals surface area contributed by atoms with E-state index in [-0.39, 0.29) is 11.7 Å². The van der Waals surface area contributed by atoms with Crippen LogP contribution in [-0.4, -0.2) is 21.5 Å². The van der Waals surface area contributed by atoms with Gasteiger partial charge in [-0.15, -0.1) is 5.10 Å². The summed E-state index contributed by atoms with van der Waals surface area (Å²) in [6, 6.07) is 5.92. The van der Waals surface area contributed by atoms with E-state index in [1.54, 1.807) is 7.05 Å². The first-order chi connectivity index (χ1) is 10.0. The third kappa shape index (κ3) is 4.46. The van der Waals surface area contributed by atoms with Crippen molar-refractivity contribution in [3.8, 4) is 11.7 Å². The van der Waals surface area contributed by atoms with Crippen molar-refractivity contribution in [2.75, 3.05) is 7.11 Å². The molecular weight excluding hydrogens is 334 g/mol. The Morgan fingerprint density at radius 3 is 2.24 bits per heavy atom. The Morgan fingerprint density at radius 2 is 1.76 bits per heavy atom. The molecule has 0 radical (unpaired) electrons. The third-order valence-corrected chi connectivity index (χ3v) is 3.35. The van der Waals surface area contributed by atoms with Gasteiger partial charge in [0, 0.05) is 11.5 Å². The van der Waals surface area contributed by atoms with Crippen LogP contribution < -0.4 is 10.4 Å². The van der Waals surface area contributed by atoms with Gasteiger partial charge in [0.25, 0.3) is 0 Å². The van der Waals surface area contributed by atoms with Gasteiger partial charge in [0.2, 0.25) is 0 Å². The molecule has 1 aromatic heterocycles. The van der Waals surface area contributed by atoms with E-state index in [1.807, 2.05) is 52.8 Å². The number of benzene rings is 1. The lowest BCUT2D eigenvalue weighted by Gasteiger charge is -2.05. The van der Waals surface area contributed by atoms with Crippen molar-refractivity contribution in [1.82, 2.24) is 14.3 Å². The lowest BCUT2D eigenvalue weighted by molar-refractivity contribution is 0.368. The average Bonchev–Trinajstić information content (AvgIpc) is 2.81. The van der Waals surface area contributed by atoms with Gasteiger partial charge in [-0.1, -0.05) is 49.7 Å². The van der Waals surface area contributed by atoms with Gasteiger partial charge in [-0.05, 0) is 24.6 Å². The van der Waals surface area contributed by atoms with Gasteiger partial charge in [-0.2, -0.15) is 0 Å². The molecule has 0 bridgehead atoms. The molecule has 0 amide bonds. The molecule has 5 nitrogen and oxygen atoms in total. The highest BCUT2D eigenvalue weighted by Gasteiger charge is 2.13. The standard InChI is InChI=1S/C11H12BrN3O2.2C2H6/c1-7-4-5-8(6-9(7)12)15-10(17-3)13-14(2)11(15)16;2*1-2/h4-6H,1-3H3;2*1-2H3. The van der Waals surface area contributed by atoms with Crippen molar-refractivity contribution in [2.24, 2.45) is 7.05 Å². The molecular formula is C15H24BrN3O2. The summed E-state index contributed by atoms with van der Waals surface area (Å²) in [5, 5.41) is 3.99. The number of aryl methyl sites for hydroxylation is 2. The van der Waals surface area contributed by atoms with Crippen LogP contribution in [0, 0.1) is 6.92 Å². The highest BCUT2D eigenvalue weighted by molar-refractivity contribution is 9.10. The van der Waals surface area contributed by atoms with Crippen molar-refractivity contribution in [3.63, 3.8) is 0 Å². The first-order valence-corrected chi connectivity index (χ1v) is 7.80. The molecule has 6 heteroatoms. The Bertz CT molecular complexity index is 618. The van der Waals surface area contributed by atoms with Gasteiger partial charge in [-0.3, -0.25) is 0 Å². The number of ether oxygens (including phenoxy) is 1. The first-order valence-electron chi connectivity index (χ1n) is 7.01. The second kappa shape index (κ2) is 9.39. The van der Waals surface area contributed by atoms with E-state index >= 15 is 0 Å². The Kier molecular flexibility index (Phi) is 8.69. The highest BCUT2D eigenvalue weighted by Crippen LogP contribution is 2.21. The van der Waals surface area contributed by atoms with Crippen molar-refractivity contribution in [1.29, 1.82) is 0 Å². The van der Waals surface area contributed by atoms with Gasteiger partial charge >= 0.3 is 11.7 Å². The lowest BCUT2D eigenvalue weighted by atomic mass is 10.2.